The average molecular weight is 271 g/mol. The third-order valence-corrected chi connectivity index (χ3v) is 4.01. The first-order valence-corrected chi connectivity index (χ1v) is 7.29. The monoisotopic (exact) mass is 271 g/mol. The molecule has 5 heteroatoms. The summed E-state index contributed by atoms with van der Waals surface area (Å²) in [5.74, 6) is 0.569. The molecular formula is C13H21NO3S. The van der Waals surface area contributed by atoms with Crippen LogP contribution in [0.4, 0.5) is 0 Å². The lowest BCUT2D eigenvalue weighted by Crippen LogP contribution is -2.39. The van der Waals surface area contributed by atoms with Gasteiger partial charge in [-0.25, -0.2) is 0 Å². The van der Waals surface area contributed by atoms with Crippen molar-refractivity contribution in [3.05, 3.63) is 22.4 Å². The van der Waals surface area contributed by atoms with Gasteiger partial charge in [0.05, 0.1) is 25.4 Å². The molecule has 1 heterocycles. The number of aliphatic hydroxyl groups excluding tert-OH is 2. The van der Waals surface area contributed by atoms with E-state index in [0.717, 1.165) is 19.4 Å². The second kappa shape index (κ2) is 7.21. The topological polar surface area (TPSA) is 61.7 Å². The lowest BCUT2D eigenvalue weighted by molar-refractivity contribution is 0.0228. The number of hydrogen-bond acceptors (Lipinski definition) is 5. The van der Waals surface area contributed by atoms with Crippen molar-refractivity contribution >= 4 is 11.3 Å². The van der Waals surface area contributed by atoms with E-state index in [0.29, 0.717) is 25.7 Å². The first-order chi connectivity index (χ1) is 8.74. The predicted molar refractivity (Wildman–Crippen MR) is 71.6 cm³/mol. The summed E-state index contributed by atoms with van der Waals surface area (Å²) in [5.41, 5.74) is 0. The van der Waals surface area contributed by atoms with E-state index in [1.165, 1.54) is 4.88 Å². The molecule has 1 aliphatic carbocycles. The van der Waals surface area contributed by atoms with E-state index >= 15 is 0 Å². The van der Waals surface area contributed by atoms with Gasteiger partial charge in [-0.05, 0) is 36.8 Å². The average Bonchev–Trinajstić information content (AvgIpc) is 2.79. The van der Waals surface area contributed by atoms with Gasteiger partial charge in [-0.2, -0.15) is 0 Å². The smallest absolute Gasteiger partial charge is 0.0897 e. The van der Waals surface area contributed by atoms with Gasteiger partial charge in [0.1, 0.15) is 0 Å². The van der Waals surface area contributed by atoms with Crippen LogP contribution in [0.2, 0.25) is 0 Å². The predicted octanol–water partition coefficient (Wildman–Crippen LogP) is 0.986. The van der Waals surface area contributed by atoms with Crippen molar-refractivity contribution in [3.63, 3.8) is 0 Å². The molecule has 102 valence electrons. The molecule has 3 N–H and O–H groups in total. The molecular weight excluding hydrogens is 250 g/mol. The molecule has 0 aliphatic heterocycles. The van der Waals surface area contributed by atoms with E-state index in [1.54, 1.807) is 11.3 Å². The minimum atomic E-state index is -0.463. The van der Waals surface area contributed by atoms with Crippen molar-refractivity contribution in [2.45, 2.75) is 31.7 Å². The third kappa shape index (κ3) is 4.66. The zero-order valence-electron chi connectivity index (χ0n) is 10.4. The summed E-state index contributed by atoms with van der Waals surface area (Å²) in [6, 6.07) is 4.02. The van der Waals surface area contributed by atoms with Crippen molar-refractivity contribution in [3.8, 4) is 0 Å². The number of hydrogen-bond donors (Lipinski definition) is 3. The molecule has 1 unspecified atom stereocenters. The second-order valence-electron chi connectivity index (χ2n) is 4.90. The first kappa shape index (κ1) is 14.0. The van der Waals surface area contributed by atoms with Crippen molar-refractivity contribution in [2.75, 3.05) is 19.7 Å². The van der Waals surface area contributed by atoms with Crippen LogP contribution >= 0.6 is 11.3 Å². The molecule has 1 aromatic rings. The van der Waals surface area contributed by atoms with E-state index in [4.69, 9.17) is 9.84 Å². The number of ether oxygens (including phenoxy) is 1. The quantitative estimate of drug-likeness (QED) is 0.660. The fourth-order valence-electron chi connectivity index (χ4n) is 2.07. The molecule has 0 spiro atoms. The summed E-state index contributed by atoms with van der Waals surface area (Å²) < 4.78 is 5.44. The van der Waals surface area contributed by atoms with Gasteiger partial charge in [0, 0.05) is 11.4 Å². The van der Waals surface area contributed by atoms with Crippen LogP contribution in [0.1, 0.15) is 17.7 Å². The number of thiophene rings is 1. The standard InChI is InChI=1S/C13H21NO3S/c15-11-4-10(5-11)6-14-7-12(16)8-17-9-13-2-1-3-18-13/h1-3,10-12,14-16H,4-9H2. The maximum Gasteiger partial charge on any atom is 0.0897 e. The Bertz CT molecular complexity index is 325. The highest BCUT2D eigenvalue weighted by atomic mass is 32.1. The Morgan fingerprint density at radius 3 is 3.00 bits per heavy atom. The Balaban J connectivity index is 1.46. The van der Waals surface area contributed by atoms with Crippen LogP contribution in [0.5, 0.6) is 0 Å². The normalized spacial score (nSPS) is 24.8. The molecule has 0 amide bonds. The molecule has 1 atom stereocenters. The van der Waals surface area contributed by atoms with E-state index in [-0.39, 0.29) is 6.10 Å². The van der Waals surface area contributed by atoms with Gasteiger partial charge < -0.3 is 20.3 Å². The lowest BCUT2D eigenvalue weighted by atomic mass is 9.82. The molecule has 1 saturated carbocycles. The highest BCUT2D eigenvalue weighted by Crippen LogP contribution is 2.25. The summed E-state index contributed by atoms with van der Waals surface area (Å²) in [6.45, 7) is 2.36. The highest BCUT2D eigenvalue weighted by Gasteiger charge is 2.26. The van der Waals surface area contributed by atoms with Crippen LogP contribution in [0.15, 0.2) is 17.5 Å². The van der Waals surface area contributed by atoms with Gasteiger partial charge in [-0.15, -0.1) is 11.3 Å². The van der Waals surface area contributed by atoms with Gasteiger partial charge in [-0.1, -0.05) is 6.07 Å². The number of nitrogens with one attached hydrogen (secondary N) is 1. The largest absolute Gasteiger partial charge is 0.393 e. The Kier molecular flexibility index (Phi) is 5.59. The molecule has 4 nitrogen and oxygen atoms in total. The molecule has 0 radical (unpaired) electrons. The van der Waals surface area contributed by atoms with E-state index < -0.39 is 6.10 Å². The zero-order chi connectivity index (χ0) is 12.8. The molecule has 1 aromatic heterocycles. The summed E-state index contributed by atoms with van der Waals surface area (Å²) in [6.07, 6.45) is 1.21. The maximum absolute atomic E-state index is 9.70. The lowest BCUT2D eigenvalue weighted by Gasteiger charge is -2.31. The van der Waals surface area contributed by atoms with Crippen molar-refractivity contribution in [1.29, 1.82) is 0 Å². The third-order valence-electron chi connectivity index (χ3n) is 3.16. The van der Waals surface area contributed by atoms with Gasteiger partial charge in [0.25, 0.3) is 0 Å². The Morgan fingerprint density at radius 2 is 2.33 bits per heavy atom. The van der Waals surface area contributed by atoms with Crippen LogP contribution in [0.3, 0.4) is 0 Å². The van der Waals surface area contributed by atoms with Crippen LogP contribution in [0, 0.1) is 5.92 Å². The van der Waals surface area contributed by atoms with Crippen LogP contribution < -0.4 is 5.32 Å². The Morgan fingerprint density at radius 1 is 1.50 bits per heavy atom. The van der Waals surface area contributed by atoms with E-state index in [1.807, 2.05) is 17.5 Å². The van der Waals surface area contributed by atoms with E-state index in [9.17, 15) is 5.11 Å². The minimum absolute atomic E-state index is 0.101. The Labute approximate surface area is 112 Å². The minimum Gasteiger partial charge on any atom is -0.393 e. The van der Waals surface area contributed by atoms with E-state index in [2.05, 4.69) is 5.32 Å². The van der Waals surface area contributed by atoms with Crippen LogP contribution in [0.25, 0.3) is 0 Å². The zero-order valence-corrected chi connectivity index (χ0v) is 11.2. The molecule has 0 bridgehead atoms. The summed E-state index contributed by atoms with van der Waals surface area (Å²) >= 11 is 1.66. The van der Waals surface area contributed by atoms with Crippen molar-refractivity contribution in [2.24, 2.45) is 5.92 Å². The van der Waals surface area contributed by atoms with Gasteiger partial charge in [0.2, 0.25) is 0 Å². The summed E-state index contributed by atoms with van der Waals surface area (Å²) in [4.78, 5) is 1.18. The number of rotatable bonds is 8. The van der Waals surface area contributed by atoms with Gasteiger partial charge in [0.15, 0.2) is 0 Å². The molecule has 0 aromatic carbocycles. The molecule has 1 aliphatic rings. The fourth-order valence-corrected chi connectivity index (χ4v) is 2.71. The molecule has 18 heavy (non-hydrogen) atoms. The van der Waals surface area contributed by atoms with Crippen LogP contribution in [-0.4, -0.2) is 42.1 Å². The number of aliphatic hydroxyl groups is 2. The maximum atomic E-state index is 9.70. The SMILES string of the molecule is OC(CNCC1CC(O)C1)COCc1cccs1. The Hall–Kier alpha value is -0.460. The molecule has 1 fully saturated rings. The van der Waals surface area contributed by atoms with Crippen LogP contribution in [-0.2, 0) is 11.3 Å². The first-order valence-electron chi connectivity index (χ1n) is 6.41. The summed E-state index contributed by atoms with van der Waals surface area (Å²) in [7, 11) is 0. The highest BCUT2D eigenvalue weighted by molar-refractivity contribution is 7.09. The van der Waals surface area contributed by atoms with Gasteiger partial charge >= 0.3 is 0 Å². The van der Waals surface area contributed by atoms with Gasteiger partial charge in [-0.3, -0.25) is 0 Å². The van der Waals surface area contributed by atoms with Crippen molar-refractivity contribution in [1.82, 2.24) is 5.32 Å². The molecule has 0 saturated heterocycles. The van der Waals surface area contributed by atoms with Crippen molar-refractivity contribution < 1.29 is 14.9 Å². The second-order valence-corrected chi connectivity index (χ2v) is 5.93. The molecule has 2 rings (SSSR count). The summed E-state index contributed by atoms with van der Waals surface area (Å²) in [5, 5.41) is 24.1. The fraction of sp³-hybridized carbons (Fsp3) is 0.692.